The summed E-state index contributed by atoms with van der Waals surface area (Å²) in [6.07, 6.45) is 4.40. The second-order valence-electron chi connectivity index (χ2n) is 10.8. The van der Waals surface area contributed by atoms with E-state index in [-0.39, 0.29) is 29.7 Å². The molecule has 2 amide bonds. The quantitative estimate of drug-likeness (QED) is 0.617. The van der Waals surface area contributed by atoms with Crippen LogP contribution in [0, 0.1) is 0 Å². The summed E-state index contributed by atoms with van der Waals surface area (Å²) in [5.41, 5.74) is 3.95. The third-order valence-corrected chi connectivity index (χ3v) is 6.96. The van der Waals surface area contributed by atoms with E-state index in [1.807, 2.05) is 25.1 Å². The molecule has 2 N–H and O–H groups in total. The van der Waals surface area contributed by atoms with Crippen molar-refractivity contribution in [2.75, 3.05) is 23.3 Å². The van der Waals surface area contributed by atoms with Gasteiger partial charge in [0.25, 0.3) is 0 Å². The van der Waals surface area contributed by atoms with Gasteiger partial charge in [0.2, 0.25) is 11.8 Å². The highest BCUT2D eigenvalue weighted by atomic mass is 16.2. The van der Waals surface area contributed by atoms with E-state index >= 15 is 0 Å². The van der Waals surface area contributed by atoms with Crippen LogP contribution in [0.4, 0.5) is 11.4 Å². The lowest BCUT2D eigenvalue weighted by Gasteiger charge is -2.22. The minimum atomic E-state index is -0.439. The Morgan fingerprint density at radius 2 is 1.70 bits per heavy atom. The van der Waals surface area contributed by atoms with Crippen LogP contribution in [0.15, 0.2) is 48.5 Å². The van der Waals surface area contributed by atoms with Crippen LogP contribution in [0.5, 0.6) is 0 Å². The first-order valence-corrected chi connectivity index (χ1v) is 12.2. The Balaban J connectivity index is 1.32. The number of carbonyl (C=O) groups excluding carboxylic acids is 2. The van der Waals surface area contributed by atoms with E-state index in [9.17, 15) is 9.59 Å². The maximum absolute atomic E-state index is 13.1. The molecule has 1 unspecified atom stereocenters. The van der Waals surface area contributed by atoms with Crippen molar-refractivity contribution in [1.82, 2.24) is 5.32 Å². The number of nitrogens with zero attached hydrogens (tertiary/aromatic N) is 1. The Morgan fingerprint density at radius 3 is 2.30 bits per heavy atom. The lowest BCUT2D eigenvalue weighted by Crippen LogP contribution is -2.41. The molecule has 5 heteroatoms. The average Bonchev–Trinajstić information content (AvgIpc) is 3.39. The summed E-state index contributed by atoms with van der Waals surface area (Å²) in [6, 6.07) is 16.3. The summed E-state index contributed by atoms with van der Waals surface area (Å²) < 4.78 is 0. The van der Waals surface area contributed by atoms with Gasteiger partial charge in [0, 0.05) is 36.9 Å². The fraction of sp³-hybridized carbons (Fsp3) is 0.500. The lowest BCUT2D eigenvalue weighted by atomic mass is 9.85. The summed E-state index contributed by atoms with van der Waals surface area (Å²) in [4.78, 5) is 28.1. The minimum Gasteiger partial charge on any atom is -0.371 e. The molecule has 2 aromatic rings. The van der Waals surface area contributed by atoms with Gasteiger partial charge in [-0.15, -0.1) is 0 Å². The predicted molar refractivity (Wildman–Crippen MR) is 135 cm³/mol. The third kappa shape index (κ3) is 5.40. The second-order valence-corrected chi connectivity index (χ2v) is 10.8. The number of anilines is 2. The molecule has 2 fully saturated rings. The molecule has 0 radical (unpaired) electrons. The number of benzene rings is 2. The number of rotatable bonds is 7. The number of hydrogen-bond acceptors (Lipinski definition) is 3. The minimum absolute atomic E-state index is 0.0299. The highest BCUT2D eigenvalue weighted by Gasteiger charge is 2.51. The van der Waals surface area contributed by atoms with E-state index in [0.717, 1.165) is 42.9 Å². The molecule has 0 spiro atoms. The van der Waals surface area contributed by atoms with Crippen LogP contribution in [0.3, 0.4) is 0 Å². The molecule has 33 heavy (non-hydrogen) atoms. The van der Waals surface area contributed by atoms with Crippen molar-refractivity contribution in [3.05, 3.63) is 59.7 Å². The fourth-order valence-corrected chi connectivity index (χ4v) is 4.72. The van der Waals surface area contributed by atoms with Gasteiger partial charge in [-0.3, -0.25) is 9.59 Å². The predicted octanol–water partition coefficient (Wildman–Crippen LogP) is 5.15. The number of amides is 2. The van der Waals surface area contributed by atoms with Crippen LogP contribution in [0.2, 0.25) is 0 Å². The summed E-state index contributed by atoms with van der Waals surface area (Å²) >= 11 is 0. The number of carbonyl (C=O) groups is 2. The first kappa shape index (κ1) is 23.3. The zero-order chi connectivity index (χ0) is 23.6. The van der Waals surface area contributed by atoms with Gasteiger partial charge < -0.3 is 15.5 Å². The summed E-state index contributed by atoms with van der Waals surface area (Å²) in [7, 11) is 0. The van der Waals surface area contributed by atoms with Crippen molar-refractivity contribution in [3.63, 3.8) is 0 Å². The zero-order valence-corrected chi connectivity index (χ0v) is 20.4. The standard InChI is InChI=1S/C28H37N3O2/c1-20(18-25(32)30-23-8-7-9-24(19-23)31-16-5-6-17-31)29-26(33)28(14-15-28)22-12-10-21(11-13-22)27(2,3)4/h7-13,19-20H,5-6,14-18H2,1-4H3,(H,29,33)(H,30,32). The van der Waals surface area contributed by atoms with Gasteiger partial charge >= 0.3 is 0 Å². The van der Waals surface area contributed by atoms with Crippen molar-refractivity contribution in [1.29, 1.82) is 0 Å². The smallest absolute Gasteiger partial charge is 0.230 e. The lowest BCUT2D eigenvalue weighted by molar-refractivity contribution is -0.124. The monoisotopic (exact) mass is 447 g/mol. The van der Waals surface area contributed by atoms with E-state index < -0.39 is 5.41 Å². The van der Waals surface area contributed by atoms with Crippen LogP contribution in [-0.4, -0.2) is 30.9 Å². The van der Waals surface area contributed by atoms with Gasteiger partial charge in [-0.2, -0.15) is 0 Å². The van der Waals surface area contributed by atoms with Crippen LogP contribution >= 0.6 is 0 Å². The Hall–Kier alpha value is -2.82. The van der Waals surface area contributed by atoms with Gasteiger partial charge in [-0.25, -0.2) is 0 Å². The second kappa shape index (κ2) is 9.20. The fourth-order valence-electron chi connectivity index (χ4n) is 4.72. The van der Waals surface area contributed by atoms with Crippen molar-refractivity contribution < 1.29 is 9.59 Å². The largest absolute Gasteiger partial charge is 0.371 e. The highest BCUT2D eigenvalue weighted by molar-refractivity contribution is 5.94. The zero-order valence-electron chi connectivity index (χ0n) is 20.4. The number of nitrogens with one attached hydrogen (secondary N) is 2. The average molecular weight is 448 g/mol. The van der Waals surface area contributed by atoms with E-state index in [0.29, 0.717) is 0 Å². The number of hydrogen-bond donors (Lipinski definition) is 2. The van der Waals surface area contributed by atoms with Gasteiger partial charge in [0.15, 0.2) is 0 Å². The molecule has 0 bridgehead atoms. The Morgan fingerprint density at radius 1 is 1.03 bits per heavy atom. The Labute approximate surface area is 197 Å². The Bertz CT molecular complexity index is 997. The van der Waals surface area contributed by atoms with E-state index in [4.69, 9.17) is 0 Å². The topological polar surface area (TPSA) is 61.4 Å². The highest BCUT2D eigenvalue weighted by Crippen LogP contribution is 2.48. The van der Waals surface area contributed by atoms with Crippen molar-refractivity contribution in [2.45, 2.75) is 76.7 Å². The van der Waals surface area contributed by atoms with Crippen LogP contribution in [0.25, 0.3) is 0 Å². The summed E-state index contributed by atoms with van der Waals surface area (Å²) in [5, 5.41) is 6.09. The Kier molecular flexibility index (Phi) is 6.51. The van der Waals surface area contributed by atoms with Gasteiger partial charge in [-0.05, 0) is 67.3 Å². The van der Waals surface area contributed by atoms with Gasteiger partial charge in [-0.1, -0.05) is 51.1 Å². The van der Waals surface area contributed by atoms with Gasteiger partial charge in [0.05, 0.1) is 5.41 Å². The molecule has 1 aliphatic heterocycles. The first-order chi connectivity index (χ1) is 15.7. The molecule has 176 valence electrons. The molecule has 0 aromatic heterocycles. The van der Waals surface area contributed by atoms with Crippen molar-refractivity contribution >= 4 is 23.2 Å². The molecule has 1 heterocycles. The molecule has 1 atom stereocenters. The summed E-state index contributed by atoms with van der Waals surface area (Å²) in [5.74, 6) is -0.0527. The summed E-state index contributed by atoms with van der Waals surface area (Å²) in [6.45, 7) is 10.6. The molecule has 5 nitrogen and oxygen atoms in total. The molecular weight excluding hydrogens is 410 g/mol. The normalized spacial score (nSPS) is 18.0. The maximum Gasteiger partial charge on any atom is 0.230 e. The van der Waals surface area contributed by atoms with Crippen LogP contribution < -0.4 is 15.5 Å². The molecular formula is C28H37N3O2. The molecule has 4 rings (SSSR count). The molecule has 1 saturated heterocycles. The molecule has 1 saturated carbocycles. The SMILES string of the molecule is CC(CC(=O)Nc1cccc(N2CCCC2)c1)NC(=O)C1(c2ccc(C(C)(C)C)cc2)CC1. The van der Waals surface area contributed by atoms with E-state index in [1.54, 1.807) is 0 Å². The van der Waals surface area contributed by atoms with Crippen molar-refractivity contribution in [3.8, 4) is 0 Å². The van der Waals surface area contributed by atoms with Crippen LogP contribution in [0.1, 0.15) is 70.9 Å². The molecule has 2 aliphatic rings. The first-order valence-electron chi connectivity index (χ1n) is 12.2. The molecule has 1 aliphatic carbocycles. The van der Waals surface area contributed by atoms with E-state index in [1.165, 1.54) is 18.4 Å². The van der Waals surface area contributed by atoms with Gasteiger partial charge in [0.1, 0.15) is 0 Å². The van der Waals surface area contributed by atoms with Crippen LogP contribution in [-0.2, 0) is 20.4 Å². The third-order valence-electron chi connectivity index (χ3n) is 6.96. The molecule has 2 aromatic carbocycles. The van der Waals surface area contributed by atoms with Crippen molar-refractivity contribution in [2.24, 2.45) is 0 Å². The van der Waals surface area contributed by atoms with E-state index in [2.05, 4.69) is 66.6 Å². The maximum atomic E-state index is 13.1.